The van der Waals surface area contributed by atoms with Crippen LogP contribution >= 0.6 is 0 Å². The average molecular weight is 565 g/mol. The number of esters is 1. The Balaban J connectivity index is 1.48. The summed E-state index contributed by atoms with van der Waals surface area (Å²) in [4.78, 5) is 35.7. The molecule has 1 aliphatic heterocycles. The molecular formula is C29H28N2O8S. The molecule has 1 aliphatic rings. The van der Waals surface area contributed by atoms with Crippen LogP contribution in [0.4, 0.5) is 11.4 Å². The minimum absolute atomic E-state index is 0.0413. The number of para-hydroxylation sites is 1. The van der Waals surface area contributed by atoms with Gasteiger partial charge >= 0.3 is 5.97 Å². The summed E-state index contributed by atoms with van der Waals surface area (Å²) in [6.45, 7) is 1.18. The monoisotopic (exact) mass is 564 g/mol. The van der Waals surface area contributed by atoms with E-state index in [1.54, 1.807) is 36.4 Å². The van der Waals surface area contributed by atoms with Crippen LogP contribution in [-0.2, 0) is 30.8 Å². The SMILES string of the molecule is COc1cc(/C=C/C(=O)OCC(=O)Nc2ccc(C(C)=O)cc2)cc(S(=O)(=O)N2CCc3ccccc32)c1OC. The maximum atomic E-state index is 13.7. The van der Waals surface area contributed by atoms with Gasteiger partial charge in [-0.2, -0.15) is 0 Å². The maximum Gasteiger partial charge on any atom is 0.331 e. The first-order chi connectivity index (χ1) is 19.1. The number of methoxy groups -OCH3 is 2. The molecule has 4 rings (SSSR count). The number of benzene rings is 3. The topological polar surface area (TPSA) is 128 Å². The lowest BCUT2D eigenvalue weighted by atomic mass is 10.1. The highest BCUT2D eigenvalue weighted by Crippen LogP contribution is 2.40. The van der Waals surface area contributed by atoms with Crippen LogP contribution < -0.4 is 19.1 Å². The molecule has 0 saturated carbocycles. The number of fused-ring (bicyclic) bond motifs is 1. The van der Waals surface area contributed by atoms with E-state index < -0.39 is 28.5 Å². The van der Waals surface area contributed by atoms with Crippen molar-refractivity contribution < 1.29 is 37.0 Å². The van der Waals surface area contributed by atoms with Crippen molar-refractivity contribution in [2.24, 2.45) is 0 Å². The van der Waals surface area contributed by atoms with Crippen molar-refractivity contribution in [3.8, 4) is 11.5 Å². The van der Waals surface area contributed by atoms with Crippen LogP contribution in [0.2, 0.25) is 0 Å². The lowest BCUT2D eigenvalue weighted by Crippen LogP contribution is -2.29. The first-order valence-electron chi connectivity index (χ1n) is 12.3. The number of sulfonamides is 1. The van der Waals surface area contributed by atoms with Gasteiger partial charge in [0.1, 0.15) is 4.90 Å². The lowest BCUT2D eigenvalue weighted by Gasteiger charge is -2.22. The van der Waals surface area contributed by atoms with E-state index in [1.807, 2.05) is 12.1 Å². The third-order valence-electron chi connectivity index (χ3n) is 6.21. The Hall–Kier alpha value is -4.64. The molecule has 0 radical (unpaired) electrons. The van der Waals surface area contributed by atoms with Gasteiger partial charge in [0.05, 0.1) is 19.9 Å². The Labute approximate surface area is 232 Å². The summed E-state index contributed by atoms with van der Waals surface area (Å²) >= 11 is 0. The van der Waals surface area contributed by atoms with Crippen molar-refractivity contribution in [1.82, 2.24) is 0 Å². The van der Waals surface area contributed by atoms with Crippen LogP contribution in [0.25, 0.3) is 6.08 Å². The predicted octanol–water partition coefficient (Wildman–Crippen LogP) is 3.85. The average Bonchev–Trinajstić information content (AvgIpc) is 3.40. The molecule has 40 heavy (non-hydrogen) atoms. The molecule has 0 saturated heterocycles. The van der Waals surface area contributed by atoms with Gasteiger partial charge < -0.3 is 19.5 Å². The molecule has 1 heterocycles. The maximum absolute atomic E-state index is 13.7. The van der Waals surface area contributed by atoms with E-state index in [-0.39, 0.29) is 28.7 Å². The molecule has 208 valence electrons. The summed E-state index contributed by atoms with van der Waals surface area (Å²) in [5.41, 5.74) is 2.82. The smallest absolute Gasteiger partial charge is 0.331 e. The van der Waals surface area contributed by atoms with Crippen LogP contribution in [0.3, 0.4) is 0 Å². The van der Waals surface area contributed by atoms with Gasteiger partial charge in [0.25, 0.3) is 15.9 Å². The molecule has 11 heteroatoms. The molecule has 1 N–H and O–H groups in total. The quantitative estimate of drug-likeness (QED) is 0.223. The van der Waals surface area contributed by atoms with Gasteiger partial charge in [-0.3, -0.25) is 13.9 Å². The number of anilines is 2. The first kappa shape index (κ1) is 28.4. The van der Waals surface area contributed by atoms with Crippen LogP contribution in [0.5, 0.6) is 11.5 Å². The van der Waals surface area contributed by atoms with Crippen LogP contribution in [0, 0.1) is 0 Å². The standard InChI is InChI=1S/C29H28N2O8S/c1-19(32)21-9-11-23(12-10-21)30-27(33)18-39-28(34)13-8-20-16-25(37-2)29(38-3)26(17-20)40(35,36)31-15-14-22-6-4-5-7-24(22)31/h4-13,16-17H,14-15,18H2,1-3H3,(H,30,33)/b13-8+. The van der Waals surface area contributed by atoms with Crippen molar-refractivity contribution in [3.05, 3.63) is 83.4 Å². The minimum atomic E-state index is -4.04. The third-order valence-corrected chi connectivity index (χ3v) is 8.03. The number of nitrogens with one attached hydrogen (secondary N) is 1. The van der Waals surface area contributed by atoms with Gasteiger partial charge in [0.15, 0.2) is 23.9 Å². The van der Waals surface area contributed by atoms with E-state index in [9.17, 15) is 22.8 Å². The fourth-order valence-electron chi connectivity index (χ4n) is 4.25. The van der Waals surface area contributed by atoms with Crippen molar-refractivity contribution in [2.45, 2.75) is 18.2 Å². The van der Waals surface area contributed by atoms with Gasteiger partial charge in [-0.1, -0.05) is 18.2 Å². The second kappa shape index (κ2) is 12.0. The largest absolute Gasteiger partial charge is 0.493 e. The second-order valence-corrected chi connectivity index (χ2v) is 10.7. The summed E-state index contributed by atoms with van der Waals surface area (Å²) in [7, 11) is -1.31. The number of ketones is 1. The van der Waals surface area contributed by atoms with Crippen molar-refractivity contribution >= 4 is 45.1 Å². The highest BCUT2D eigenvalue weighted by Gasteiger charge is 2.34. The number of carbonyl (C=O) groups excluding carboxylic acids is 3. The zero-order valence-electron chi connectivity index (χ0n) is 22.2. The zero-order chi connectivity index (χ0) is 28.9. The summed E-state index contributed by atoms with van der Waals surface area (Å²) in [6.07, 6.45) is 3.02. The molecule has 1 amide bonds. The highest BCUT2D eigenvalue weighted by atomic mass is 32.2. The Bertz CT molecular complexity index is 1580. The first-order valence-corrected chi connectivity index (χ1v) is 13.7. The molecule has 0 aromatic heterocycles. The molecule has 10 nitrogen and oxygen atoms in total. The number of ether oxygens (including phenoxy) is 3. The molecule has 0 unspecified atom stereocenters. The molecule has 0 bridgehead atoms. The summed E-state index contributed by atoms with van der Waals surface area (Å²) in [6, 6.07) is 16.5. The van der Waals surface area contributed by atoms with Crippen LogP contribution in [0.1, 0.15) is 28.4 Å². The second-order valence-electron chi connectivity index (χ2n) is 8.83. The van der Waals surface area contributed by atoms with E-state index in [0.717, 1.165) is 11.6 Å². The number of amides is 1. The van der Waals surface area contributed by atoms with E-state index in [4.69, 9.17) is 14.2 Å². The van der Waals surface area contributed by atoms with Crippen LogP contribution in [-0.4, -0.2) is 53.4 Å². The molecule has 0 aliphatic carbocycles. The third kappa shape index (κ3) is 6.15. The fourth-order valence-corrected chi connectivity index (χ4v) is 5.96. The lowest BCUT2D eigenvalue weighted by molar-refractivity contribution is -0.142. The van der Waals surface area contributed by atoms with E-state index in [1.165, 1.54) is 43.7 Å². The molecule has 3 aromatic rings. The number of rotatable bonds is 10. The number of hydrogen-bond acceptors (Lipinski definition) is 8. The van der Waals surface area contributed by atoms with Crippen molar-refractivity contribution in [3.63, 3.8) is 0 Å². The normalized spacial score (nSPS) is 12.6. The van der Waals surface area contributed by atoms with E-state index >= 15 is 0 Å². The number of nitrogens with zero attached hydrogens (tertiary/aromatic N) is 1. The Morgan fingerprint density at radius 3 is 2.40 bits per heavy atom. The fraction of sp³-hybridized carbons (Fsp3) is 0.207. The number of hydrogen-bond donors (Lipinski definition) is 1. The van der Waals surface area contributed by atoms with Gasteiger partial charge in [-0.05, 0) is 73.0 Å². The van der Waals surface area contributed by atoms with Gasteiger partial charge in [-0.25, -0.2) is 13.2 Å². The number of Topliss-reactive ketones (excluding diaryl/α,β-unsaturated/α-hetero) is 1. The van der Waals surface area contributed by atoms with Crippen molar-refractivity contribution in [2.75, 3.05) is 37.0 Å². The van der Waals surface area contributed by atoms with E-state index in [0.29, 0.717) is 28.9 Å². The van der Waals surface area contributed by atoms with Gasteiger partial charge in [0, 0.05) is 23.9 Å². The Morgan fingerprint density at radius 1 is 1.00 bits per heavy atom. The molecular weight excluding hydrogens is 536 g/mol. The summed E-state index contributed by atoms with van der Waals surface area (Å²) in [5.74, 6) is -1.27. The van der Waals surface area contributed by atoms with Gasteiger partial charge in [0.2, 0.25) is 0 Å². The van der Waals surface area contributed by atoms with Crippen molar-refractivity contribution in [1.29, 1.82) is 0 Å². The predicted molar refractivity (Wildman–Crippen MR) is 149 cm³/mol. The Kier molecular flexibility index (Phi) is 8.54. The summed E-state index contributed by atoms with van der Waals surface area (Å²) < 4.78 is 44.6. The molecule has 0 fully saturated rings. The Morgan fingerprint density at radius 2 is 1.73 bits per heavy atom. The van der Waals surface area contributed by atoms with Gasteiger partial charge in [-0.15, -0.1) is 0 Å². The molecule has 3 aromatic carbocycles. The molecule has 0 atom stereocenters. The highest BCUT2D eigenvalue weighted by molar-refractivity contribution is 7.93. The number of carbonyl (C=O) groups is 3. The van der Waals surface area contributed by atoms with E-state index in [2.05, 4.69) is 5.32 Å². The van der Waals surface area contributed by atoms with Crippen LogP contribution in [0.15, 0.2) is 71.6 Å². The summed E-state index contributed by atoms with van der Waals surface area (Å²) in [5, 5.41) is 2.57. The minimum Gasteiger partial charge on any atom is -0.493 e. The molecule has 0 spiro atoms. The zero-order valence-corrected chi connectivity index (χ0v) is 23.0.